The van der Waals surface area contributed by atoms with Gasteiger partial charge in [0.1, 0.15) is 0 Å². The Morgan fingerprint density at radius 2 is 1.86 bits per heavy atom. The summed E-state index contributed by atoms with van der Waals surface area (Å²) in [6.45, 7) is 6.71. The molecule has 1 atom stereocenters. The molecular weight excluding hydrogens is 297 g/mol. The third-order valence-corrected chi connectivity index (χ3v) is 4.67. The summed E-state index contributed by atoms with van der Waals surface area (Å²) in [7, 11) is 0. The number of likely N-dealkylation sites (tertiary alicyclic amines) is 2. The summed E-state index contributed by atoms with van der Waals surface area (Å²) in [4.78, 5) is 16.2. The average Bonchev–Trinajstić information content (AvgIpc) is 2.85. The maximum absolute atomic E-state index is 12.8. The summed E-state index contributed by atoms with van der Waals surface area (Å²) in [5.74, 6) is 0.358. The third kappa shape index (κ3) is 3.74. The lowest BCUT2D eigenvalue weighted by molar-refractivity contribution is -0.272. The fraction of sp³-hybridized carbons (Fsp3) is 0.933. The first kappa shape index (κ1) is 17.5. The number of alkyl halides is 3. The van der Waals surface area contributed by atoms with Crippen LogP contribution in [0.2, 0.25) is 0 Å². The van der Waals surface area contributed by atoms with E-state index in [4.69, 9.17) is 0 Å². The molecular formula is C15H25F3N2O2. The number of nitrogens with zero attached hydrogens (tertiary/aromatic N) is 2. The first-order valence-corrected chi connectivity index (χ1v) is 7.92. The number of amides is 1. The van der Waals surface area contributed by atoms with Gasteiger partial charge in [-0.25, -0.2) is 0 Å². The second-order valence-corrected chi connectivity index (χ2v) is 6.99. The number of halogens is 3. The van der Waals surface area contributed by atoms with Crippen molar-refractivity contribution in [2.75, 3.05) is 32.7 Å². The fourth-order valence-electron chi connectivity index (χ4n) is 3.36. The van der Waals surface area contributed by atoms with Crippen molar-refractivity contribution in [3.8, 4) is 0 Å². The summed E-state index contributed by atoms with van der Waals surface area (Å²) in [6, 6.07) is 0. The summed E-state index contributed by atoms with van der Waals surface area (Å²) >= 11 is 0. The van der Waals surface area contributed by atoms with Crippen molar-refractivity contribution in [3.05, 3.63) is 0 Å². The van der Waals surface area contributed by atoms with Crippen LogP contribution in [0.1, 0.15) is 33.1 Å². The van der Waals surface area contributed by atoms with Gasteiger partial charge >= 0.3 is 6.18 Å². The molecule has 128 valence electrons. The number of piperidine rings is 1. The molecule has 0 saturated carbocycles. The van der Waals surface area contributed by atoms with E-state index in [1.807, 2.05) is 0 Å². The highest BCUT2D eigenvalue weighted by Gasteiger charge is 2.55. The van der Waals surface area contributed by atoms with Crippen LogP contribution in [-0.2, 0) is 4.79 Å². The lowest BCUT2D eigenvalue weighted by Gasteiger charge is -2.39. The molecule has 1 amide bonds. The molecule has 0 bridgehead atoms. The largest absolute Gasteiger partial charge is 0.417 e. The van der Waals surface area contributed by atoms with E-state index in [-0.39, 0.29) is 24.9 Å². The maximum atomic E-state index is 12.8. The Labute approximate surface area is 129 Å². The number of carbonyl (C=O) groups excluding carboxylic acids is 1. The average molecular weight is 322 g/mol. The van der Waals surface area contributed by atoms with Gasteiger partial charge in [-0.05, 0) is 18.9 Å². The van der Waals surface area contributed by atoms with Crippen molar-refractivity contribution in [2.45, 2.75) is 44.9 Å². The highest BCUT2D eigenvalue weighted by molar-refractivity contribution is 5.79. The lowest BCUT2D eigenvalue weighted by Crippen LogP contribution is -2.55. The minimum absolute atomic E-state index is 0.0183. The molecule has 0 spiro atoms. The van der Waals surface area contributed by atoms with Gasteiger partial charge in [0.05, 0.1) is 5.92 Å². The van der Waals surface area contributed by atoms with Crippen molar-refractivity contribution in [3.63, 3.8) is 0 Å². The predicted molar refractivity (Wildman–Crippen MR) is 76.2 cm³/mol. The lowest BCUT2D eigenvalue weighted by atomic mass is 9.90. The second kappa shape index (κ2) is 6.35. The van der Waals surface area contributed by atoms with E-state index in [0.29, 0.717) is 12.5 Å². The van der Waals surface area contributed by atoms with Gasteiger partial charge in [0.25, 0.3) is 0 Å². The minimum atomic E-state index is -4.62. The monoisotopic (exact) mass is 322 g/mol. The zero-order valence-electron chi connectivity index (χ0n) is 13.2. The van der Waals surface area contributed by atoms with E-state index in [2.05, 4.69) is 18.7 Å². The standard InChI is InChI=1S/C15H25F3N2O2/c1-11(2)9-19-6-3-12(10-19)13(21)20-7-4-14(22,5-8-20)15(16,17)18/h11-12,22H,3-10H2,1-2H3. The van der Waals surface area contributed by atoms with Crippen molar-refractivity contribution in [1.29, 1.82) is 0 Å². The van der Waals surface area contributed by atoms with E-state index in [9.17, 15) is 23.1 Å². The van der Waals surface area contributed by atoms with Gasteiger partial charge in [0.15, 0.2) is 5.60 Å². The Hall–Kier alpha value is -0.820. The number of carbonyl (C=O) groups is 1. The van der Waals surface area contributed by atoms with E-state index in [1.54, 1.807) is 0 Å². The van der Waals surface area contributed by atoms with Crippen molar-refractivity contribution in [2.24, 2.45) is 11.8 Å². The zero-order valence-corrected chi connectivity index (χ0v) is 13.2. The Bertz CT molecular complexity index is 404. The molecule has 2 aliphatic heterocycles. The Balaban J connectivity index is 1.86. The summed E-state index contributed by atoms with van der Waals surface area (Å²) in [5, 5.41) is 9.64. The first-order chi connectivity index (χ1) is 10.1. The normalized spacial score (nSPS) is 26.7. The molecule has 0 aliphatic carbocycles. The van der Waals surface area contributed by atoms with Gasteiger partial charge in [-0.1, -0.05) is 13.8 Å². The summed E-state index contributed by atoms with van der Waals surface area (Å²) in [5.41, 5.74) is -2.64. The molecule has 1 unspecified atom stereocenters. The van der Waals surface area contributed by atoms with E-state index in [1.165, 1.54) is 4.90 Å². The van der Waals surface area contributed by atoms with Crippen LogP contribution < -0.4 is 0 Å². The number of aliphatic hydroxyl groups is 1. The van der Waals surface area contributed by atoms with Crippen LogP contribution in [0.4, 0.5) is 13.2 Å². The van der Waals surface area contributed by atoms with Crippen LogP contribution >= 0.6 is 0 Å². The van der Waals surface area contributed by atoms with E-state index >= 15 is 0 Å². The third-order valence-electron chi connectivity index (χ3n) is 4.67. The smallest absolute Gasteiger partial charge is 0.380 e. The molecule has 0 aromatic carbocycles. The van der Waals surface area contributed by atoms with Crippen molar-refractivity contribution in [1.82, 2.24) is 9.80 Å². The van der Waals surface area contributed by atoms with Crippen LogP contribution in [0.15, 0.2) is 0 Å². The van der Waals surface area contributed by atoms with Gasteiger partial charge < -0.3 is 14.9 Å². The molecule has 0 radical (unpaired) electrons. The predicted octanol–water partition coefficient (Wildman–Crippen LogP) is 1.88. The summed E-state index contributed by atoms with van der Waals surface area (Å²) in [6.07, 6.45) is -4.70. The van der Waals surface area contributed by atoms with Gasteiger partial charge in [0.2, 0.25) is 5.91 Å². The Morgan fingerprint density at radius 3 is 2.36 bits per heavy atom. The van der Waals surface area contributed by atoms with Gasteiger partial charge in [0, 0.05) is 39.0 Å². The molecule has 2 saturated heterocycles. The van der Waals surface area contributed by atoms with Crippen molar-refractivity contribution >= 4 is 5.91 Å². The minimum Gasteiger partial charge on any atom is -0.380 e. The molecule has 22 heavy (non-hydrogen) atoms. The van der Waals surface area contributed by atoms with Gasteiger partial charge in [-0.15, -0.1) is 0 Å². The molecule has 0 aromatic heterocycles. The van der Waals surface area contributed by atoms with Crippen LogP contribution in [0.5, 0.6) is 0 Å². The van der Waals surface area contributed by atoms with Crippen LogP contribution in [0.25, 0.3) is 0 Å². The van der Waals surface area contributed by atoms with E-state index < -0.39 is 24.6 Å². The van der Waals surface area contributed by atoms with Crippen LogP contribution in [0.3, 0.4) is 0 Å². The molecule has 2 heterocycles. The topological polar surface area (TPSA) is 43.8 Å². The quantitative estimate of drug-likeness (QED) is 0.863. The number of hydrogen-bond donors (Lipinski definition) is 1. The molecule has 7 heteroatoms. The fourth-order valence-corrected chi connectivity index (χ4v) is 3.36. The Morgan fingerprint density at radius 1 is 1.27 bits per heavy atom. The zero-order chi connectivity index (χ0) is 16.5. The molecule has 0 aromatic rings. The number of hydrogen-bond acceptors (Lipinski definition) is 3. The van der Waals surface area contributed by atoms with Gasteiger partial charge in [-0.2, -0.15) is 13.2 Å². The molecule has 2 rings (SSSR count). The number of rotatable bonds is 3. The molecule has 4 nitrogen and oxygen atoms in total. The van der Waals surface area contributed by atoms with Crippen molar-refractivity contribution < 1.29 is 23.1 Å². The van der Waals surface area contributed by atoms with Gasteiger partial charge in [-0.3, -0.25) is 4.79 Å². The molecule has 2 fully saturated rings. The summed E-state index contributed by atoms with van der Waals surface area (Å²) < 4.78 is 38.3. The molecule has 1 N–H and O–H groups in total. The second-order valence-electron chi connectivity index (χ2n) is 6.99. The van der Waals surface area contributed by atoms with Crippen LogP contribution in [-0.4, -0.2) is 65.3 Å². The highest BCUT2D eigenvalue weighted by Crippen LogP contribution is 2.38. The highest BCUT2D eigenvalue weighted by atomic mass is 19.4. The molecule has 2 aliphatic rings. The van der Waals surface area contributed by atoms with E-state index in [0.717, 1.165) is 19.5 Å². The van der Waals surface area contributed by atoms with Crippen LogP contribution in [0, 0.1) is 11.8 Å². The first-order valence-electron chi connectivity index (χ1n) is 7.92. The SMILES string of the molecule is CC(C)CN1CCC(C(=O)N2CCC(O)(C(F)(F)F)CC2)C1. The Kier molecular flexibility index (Phi) is 5.06. The maximum Gasteiger partial charge on any atom is 0.417 e.